The Morgan fingerprint density at radius 2 is 1.94 bits per heavy atom. The number of benzene rings is 1. The third-order valence-electron chi connectivity index (χ3n) is 2.05. The molecule has 0 spiro atoms. The van der Waals surface area contributed by atoms with Crippen molar-refractivity contribution in [3.05, 3.63) is 41.7 Å². The molecule has 16 heavy (non-hydrogen) atoms. The molecule has 1 heterocycles. The lowest BCUT2D eigenvalue weighted by molar-refractivity contribution is 0.340. The van der Waals surface area contributed by atoms with Crippen LogP contribution in [-0.4, -0.2) is 16.6 Å². The molecule has 2 aromatic rings. The molecule has 0 atom stereocenters. The van der Waals surface area contributed by atoms with Crippen molar-refractivity contribution in [2.75, 3.05) is 6.61 Å². The predicted molar refractivity (Wildman–Crippen MR) is 63.6 cm³/mol. The zero-order valence-corrected chi connectivity index (χ0v) is 9.61. The normalized spacial score (nSPS) is 10.1. The molecule has 0 aliphatic carbocycles. The fourth-order valence-electron chi connectivity index (χ4n) is 1.34. The minimum Gasteiger partial charge on any atom is -0.494 e. The molecule has 0 aliphatic heterocycles. The average molecular weight is 235 g/mol. The maximum atomic E-state index is 5.80. The molecule has 1 aromatic carbocycles. The number of ether oxygens (including phenoxy) is 1. The van der Waals surface area contributed by atoms with Gasteiger partial charge in [0.2, 0.25) is 0 Å². The van der Waals surface area contributed by atoms with Crippen molar-refractivity contribution in [2.45, 2.75) is 6.92 Å². The van der Waals surface area contributed by atoms with Gasteiger partial charge in [-0.3, -0.25) is 0 Å². The van der Waals surface area contributed by atoms with Crippen LogP contribution in [0.1, 0.15) is 6.92 Å². The van der Waals surface area contributed by atoms with Gasteiger partial charge in [0.1, 0.15) is 10.9 Å². The summed E-state index contributed by atoms with van der Waals surface area (Å²) in [6.45, 7) is 2.61. The highest BCUT2D eigenvalue weighted by Crippen LogP contribution is 2.20. The lowest BCUT2D eigenvalue weighted by atomic mass is 10.2. The van der Waals surface area contributed by atoms with E-state index in [0.717, 1.165) is 11.3 Å². The predicted octanol–water partition coefficient (Wildman–Crippen LogP) is 3.20. The molecule has 0 saturated carbocycles. The van der Waals surface area contributed by atoms with Crippen LogP contribution in [0.5, 0.6) is 5.75 Å². The Hall–Kier alpha value is -1.61. The van der Waals surface area contributed by atoms with Crippen molar-refractivity contribution in [3.8, 4) is 17.1 Å². The first-order chi connectivity index (χ1) is 7.79. The second-order valence-electron chi connectivity index (χ2n) is 3.16. The van der Waals surface area contributed by atoms with Crippen LogP contribution in [0.15, 0.2) is 36.5 Å². The molecule has 2 rings (SSSR count). The summed E-state index contributed by atoms with van der Waals surface area (Å²) in [6, 6.07) is 9.26. The smallest absolute Gasteiger partial charge is 0.160 e. The van der Waals surface area contributed by atoms with E-state index >= 15 is 0 Å². The van der Waals surface area contributed by atoms with Gasteiger partial charge in [-0.25, -0.2) is 9.97 Å². The molecule has 0 radical (unpaired) electrons. The highest BCUT2D eigenvalue weighted by molar-refractivity contribution is 6.29. The maximum absolute atomic E-state index is 5.80. The van der Waals surface area contributed by atoms with Crippen molar-refractivity contribution >= 4 is 11.6 Å². The molecule has 4 heteroatoms. The highest BCUT2D eigenvalue weighted by atomic mass is 35.5. The molecule has 0 amide bonds. The number of halogens is 1. The van der Waals surface area contributed by atoms with Gasteiger partial charge in [-0.2, -0.15) is 0 Å². The van der Waals surface area contributed by atoms with Gasteiger partial charge in [0.25, 0.3) is 0 Å². The first kappa shape index (κ1) is 10.9. The van der Waals surface area contributed by atoms with Crippen LogP contribution in [-0.2, 0) is 0 Å². The van der Waals surface area contributed by atoms with Crippen molar-refractivity contribution in [1.82, 2.24) is 9.97 Å². The summed E-state index contributed by atoms with van der Waals surface area (Å²) >= 11 is 5.80. The van der Waals surface area contributed by atoms with Crippen molar-refractivity contribution < 1.29 is 4.74 Å². The molecular formula is C12H11ClN2O. The summed E-state index contributed by atoms with van der Waals surface area (Å²) in [5.74, 6) is 1.46. The maximum Gasteiger partial charge on any atom is 0.160 e. The van der Waals surface area contributed by atoms with Crippen LogP contribution in [0.2, 0.25) is 5.15 Å². The lowest BCUT2D eigenvalue weighted by Gasteiger charge is -2.04. The van der Waals surface area contributed by atoms with E-state index in [1.807, 2.05) is 31.2 Å². The molecule has 0 aliphatic rings. The van der Waals surface area contributed by atoms with Crippen LogP contribution >= 0.6 is 11.6 Å². The molecule has 0 unspecified atom stereocenters. The first-order valence-corrected chi connectivity index (χ1v) is 5.39. The third-order valence-corrected chi connectivity index (χ3v) is 2.26. The van der Waals surface area contributed by atoms with E-state index in [1.54, 1.807) is 12.3 Å². The van der Waals surface area contributed by atoms with E-state index in [1.165, 1.54) is 0 Å². The van der Waals surface area contributed by atoms with Gasteiger partial charge >= 0.3 is 0 Å². The highest BCUT2D eigenvalue weighted by Gasteiger charge is 2.01. The molecule has 0 fully saturated rings. The SMILES string of the molecule is CCOc1ccc(-c2nccc(Cl)n2)cc1. The number of aromatic nitrogens is 2. The van der Waals surface area contributed by atoms with Gasteiger partial charge in [0.05, 0.1) is 6.61 Å². The Kier molecular flexibility index (Phi) is 3.37. The fourth-order valence-corrected chi connectivity index (χ4v) is 1.48. The minimum atomic E-state index is 0.443. The average Bonchev–Trinajstić information content (AvgIpc) is 2.30. The quantitative estimate of drug-likeness (QED) is 0.765. The monoisotopic (exact) mass is 234 g/mol. The molecule has 82 valence electrons. The molecular weight excluding hydrogens is 224 g/mol. The van der Waals surface area contributed by atoms with Crippen molar-refractivity contribution in [2.24, 2.45) is 0 Å². The van der Waals surface area contributed by atoms with Crippen molar-refractivity contribution in [1.29, 1.82) is 0 Å². The summed E-state index contributed by atoms with van der Waals surface area (Å²) in [4.78, 5) is 8.28. The zero-order valence-electron chi connectivity index (χ0n) is 8.85. The van der Waals surface area contributed by atoms with Crippen LogP contribution in [0.4, 0.5) is 0 Å². The van der Waals surface area contributed by atoms with E-state index in [0.29, 0.717) is 17.6 Å². The Labute approximate surface area is 99.1 Å². The fraction of sp³-hybridized carbons (Fsp3) is 0.167. The van der Waals surface area contributed by atoms with E-state index in [2.05, 4.69) is 9.97 Å². The third kappa shape index (κ3) is 2.49. The van der Waals surface area contributed by atoms with E-state index in [4.69, 9.17) is 16.3 Å². The summed E-state index contributed by atoms with van der Waals surface area (Å²) in [6.07, 6.45) is 1.64. The van der Waals surface area contributed by atoms with E-state index < -0.39 is 0 Å². The van der Waals surface area contributed by atoms with Crippen LogP contribution in [0.3, 0.4) is 0 Å². The van der Waals surface area contributed by atoms with Gasteiger partial charge in [0, 0.05) is 11.8 Å². The summed E-state index contributed by atoms with van der Waals surface area (Å²) < 4.78 is 5.35. The van der Waals surface area contributed by atoms with E-state index in [9.17, 15) is 0 Å². The molecule has 0 bridgehead atoms. The zero-order chi connectivity index (χ0) is 11.4. The van der Waals surface area contributed by atoms with Gasteiger partial charge in [-0.15, -0.1) is 0 Å². The number of rotatable bonds is 3. The van der Waals surface area contributed by atoms with Gasteiger partial charge in [-0.1, -0.05) is 11.6 Å². The molecule has 3 nitrogen and oxygen atoms in total. The molecule has 0 N–H and O–H groups in total. The van der Waals surface area contributed by atoms with Crippen molar-refractivity contribution in [3.63, 3.8) is 0 Å². The largest absolute Gasteiger partial charge is 0.494 e. The molecule has 1 aromatic heterocycles. The topological polar surface area (TPSA) is 35.0 Å². The van der Waals surface area contributed by atoms with E-state index in [-0.39, 0.29) is 0 Å². The number of hydrogen-bond acceptors (Lipinski definition) is 3. The number of nitrogens with zero attached hydrogens (tertiary/aromatic N) is 2. The molecule has 0 saturated heterocycles. The lowest BCUT2D eigenvalue weighted by Crippen LogP contribution is -1.92. The first-order valence-electron chi connectivity index (χ1n) is 5.01. The van der Waals surface area contributed by atoms with Gasteiger partial charge in [0.15, 0.2) is 5.82 Å². The summed E-state index contributed by atoms with van der Waals surface area (Å²) in [7, 11) is 0. The standard InChI is InChI=1S/C12H11ClN2O/c1-2-16-10-5-3-9(4-6-10)12-14-8-7-11(13)15-12/h3-8H,2H2,1H3. The van der Waals surface area contributed by atoms with Crippen LogP contribution in [0, 0.1) is 0 Å². The summed E-state index contributed by atoms with van der Waals surface area (Å²) in [5, 5.41) is 0.443. The second-order valence-corrected chi connectivity index (χ2v) is 3.55. The minimum absolute atomic E-state index is 0.443. The Balaban J connectivity index is 2.27. The van der Waals surface area contributed by atoms with Crippen LogP contribution < -0.4 is 4.74 Å². The number of hydrogen-bond donors (Lipinski definition) is 0. The Morgan fingerprint density at radius 1 is 1.19 bits per heavy atom. The Morgan fingerprint density at radius 3 is 2.56 bits per heavy atom. The van der Waals surface area contributed by atoms with Crippen LogP contribution in [0.25, 0.3) is 11.4 Å². The second kappa shape index (κ2) is 4.94. The van der Waals surface area contributed by atoms with Gasteiger partial charge < -0.3 is 4.74 Å². The Bertz CT molecular complexity index is 471. The summed E-state index contributed by atoms with van der Waals surface area (Å²) in [5.41, 5.74) is 0.922. The van der Waals surface area contributed by atoms with Gasteiger partial charge in [-0.05, 0) is 37.3 Å².